The number of anilines is 2. The Bertz CT molecular complexity index is 913. The average Bonchev–Trinajstić information content (AvgIpc) is 2.32. The fraction of sp³-hybridized carbons (Fsp3) is 0. The lowest BCUT2D eigenvalue weighted by molar-refractivity contribution is 0.593. The van der Waals surface area contributed by atoms with E-state index in [0.29, 0.717) is 5.02 Å². The van der Waals surface area contributed by atoms with Gasteiger partial charge in [-0.2, -0.15) is 0 Å². The Balaban J connectivity index is 2.47. The minimum Gasteiger partial charge on any atom is -0.349 e. The number of aromatic amines is 2. The maximum atomic E-state index is 12.3. The monoisotopic (exact) mass is 299 g/mol. The molecule has 98 valence electrons. The van der Waals surface area contributed by atoms with E-state index < -0.39 is 25.9 Å². The SMILES string of the molecule is O=c1[nH][nH]c(=O)c2c1Nc1cc(Cl)ccc1S2(=O)=O. The van der Waals surface area contributed by atoms with Crippen LogP contribution in [0.5, 0.6) is 0 Å². The topological polar surface area (TPSA) is 112 Å². The van der Waals surface area contributed by atoms with E-state index in [1.165, 1.54) is 18.2 Å². The quantitative estimate of drug-likeness (QED) is 0.563. The molecule has 0 aliphatic carbocycles. The first-order chi connectivity index (χ1) is 8.91. The lowest BCUT2D eigenvalue weighted by atomic mass is 10.3. The highest BCUT2D eigenvalue weighted by Crippen LogP contribution is 2.36. The molecule has 0 fully saturated rings. The number of H-pyrrole nitrogens is 2. The van der Waals surface area contributed by atoms with Gasteiger partial charge in [-0.15, -0.1) is 0 Å². The molecule has 1 aliphatic rings. The summed E-state index contributed by atoms with van der Waals surface area (Å²) < 4.78 is 24.6. The predicted molar refractivity (Wildman–Crippen MR) is 67.9 cm³/mol. The molecule has 19 heavy (non-hydrogen) atoms. The molecule has 2 heterocycles. The summed E-state index contributed by atoms with van der Waals surface area (Å²) in [6.07, 6.45) is 0. The van der Waals surface area contributed by atoms with Crippen LogP contribution in [0.2, 0.25) is 5.02 Å². The fourth-order valence-electron chi connectivity index (χ4n) is 1.90. The zero-order valence-corrected chi connectivity index (χ0v) is 10.7. The fourth-order valence-corrected chi connectivity index (χ4v) is 3.64. The highest BCUT2D eigenvalue weighted by atomic mass is 35.5. The zero-order chi connectivity index (χ0) is 13.8. The standard InChI is InChI=1S/C10H6ClN3O4S/c11-4-1-2-6-5(3-4)12-7-8(19(6,17)18)10(16)14-13-9(7)15/h1-3,12H,(H,13,15)(H,14,16). The van der Waals surface area contributed by atoms with Gasteiger partial charge in [-0.1, -0.05) is 11.6 Å². The molecule has 0 spiro atoms. The Labute approximate surface area is 111 Å². The summed E-state index contributed by atoms with van der Waals surface area (Å²) in [5.41, 5.74) is -1.76. The van der Waals surface area contributed by atoms with Gasteiger partial charge >= 0.3 is 0 Å². The molecule has 0 radical (unpaired) electrons. The molecular formula is C10H6ClN3O4S. The van der Waals surface area contributed by atoms with Gasteiger partial charge in [0.1, 0.15) is 5.69 Å². The van der Waals surface area contributed by atoms with E-state index in [1.54, 1.807) is 0 Å². The summed E-state index contributed by atoms with van der Waals surface area (Å²) in [7, 11) is -4.06. The second-order valence-corrected chi connectivity index (χ2v) is 6.17. The van der Waals surface area contributed by atoms with Gasteiger partial charge in [-0.25, -0.2) is 8.42 Å². The van der Waals surface area contributed by atoms with Crippen LogP contribution in [-0.2, 0) is 9.84 Å². The number of fused-ring (bicyclic) bond motifs is 2. The summed E-state index contributed by atoms with van der Waals surface area (Å²) in [6.45, 7) is 0. The third kappa shape index (κ3) is 1.60. The smallest absolute Gasteiger partial charge is 0.287 e. The third-order valence-electron chi connectivity index (χ3n) is 2.71. The number of benzene rings is 1. The van der Waals surface area contributed by atoms with Crippen molar-refractivity contribution in [3.05, 3.63) is 43.9 Å². The van der Waals surface area contributed by atoms with Crippen molar-refractivity contribution in [1.29, 1.82) is 0 Å². The summed E-state index contributed by atoms with van der Waals surface area (Å²) in [5, 5.41) is 6.98. The van der Waals surface area contributed by atoms with E-state index in [9.17, 15) is 18.0 Å². The van der Waals surface area contributed by atoms with Gasteiger partial charge in [-0.3, -0.25) is 19.8 Å². The molecule has 3 rings (SSSR count). The van der Waals surface area contributed by atoms with Crippen LogP contribution in [0.15, 0.2) is 37.6 Å². The van der Waals surface area contributed by atoms with Crippen LogP contribution in [0, 0.1) is 0 Å². The van der Waals surface area contributed by atoms with Gasteiger partial charge in [0.2, 0.25) is 9.84 Å². The highest BCUT2D eigenvalue weighted by molar-refractivity contribution is 7.92. The molecule has 2 aromatic rings. The largest absolute Gasteiger partial charge is 0.349 e. The number of sulfone groups is 1. The molecule has 1 aromatic heterocycles. The van der Waals surface area contributed by atoms with Crippen molar-refractivity contribution in [3.63, 3.8) is 0 Å². The lowest BCUT2D eigenvalue weighted by Crippen LogP contribution is -2.31. The Kier molecular flexibility index (Phi) is 2.35. The molecule has 3 N–H and O–H groups in total. The molecule has 0 saturated heterocycles. The van der Waals surface area contributed by atoms with Crippen molar-refractivity contribution in [2.24, 2.45) is 0 Å². The summed E-state index contributed by atoms with van der Waals surface area (Å²) in [4.78, 5) is 22.6. The Morgan fingerprint density at radius 2 is 1.74 bits per heavy atom. The van der Waals surface area contributed by atoms with Gasteiger partial charge in [0.25, 0.3) is 11.1 Å². The number of nitrogens with one attached hydrogen (secondary N) is 3. The van der Waals surface area contributed by atoms with Crippen molar-refractivity contribution in [3.8, 4) is 0 Å². The summed E-state index contributed by atoms with van der Waals surface area (Å²) in [6, 6.07) is 4.05. The molecule has 0 atom stereocenters. The second-order valence-electron chi connectivity index (χ2n) is 3.88. The third-order valence-corrected chi connectivity index (χ3v) is 4.81. The molecular weight excluding hydrogens is 294 g/mol. The van der Waals surface area contributed by atoms with Crippen molar-refractivity contribution in [1.82, 2.24) is 10.2 Å². The van der Waals surface area contributed by atoms with Gasteiger partial charge in [0.15, 0.2) is 4.90 Å². The first-order valence-corrected chi connectivity index (χ1v) is 6.94. The molecule has 9 heteroatoms. The summed E-state index contributed by atoms with van der Waals surface area (Å²) in [5.74, 6) is 0. The van der Waals surface area contributed by atoms with E-state index in [1.807, 2.05) is 5.10 Å². The molecule has 7 nitrogen and oxygen atoms in total. The van der Waals surface area contributed by atoms with E-state index in [0.717, 1.165) is 0 Å². The van der Waals surface area contributed by atoms with Crippen LogP contribution in [0.25, 0.3) is 0 Å². The number of hydrogen-bond donors (Lipinski definition) is 3. The molecule has 1 aliphatic heterocycles. The van der Waals surface area contributed by atoms with Crippen LogP contribution < -0.4 is 16.4 Å². The van der Waals surface area contributed by atoms with E-state index >= 15 is 0 Å². The lowest BCUT2D eigenvalue weighted by Gasteiger charge is -2.19. The minimum absolute atomic E-state index is 0.0968. The maximum Gasteiger partial charge on any atom is 0.287 e. The van der Waals surface area contributed by atoms with Crippen LogP contribution in [-0.4, -0.2) is 18.6 Å². The molecule has 0 amide bonds. The highest BCUT2D eigenvalue weighted by Gasteiger charge is 2.34. The average molecular weight is 300 g/mol. The van der Waals surface area contributed by atoms with Crippen LogP contribution in [0.3, 0.4) is 0 Å². The number of rotatable bonds is 0. The number of hydrogen-bond acceptors (Lipinski definition) is 5. The first-order valence-electron chi connectivity index (χ1n) is 5.08. The van der Waals surface area contributed by atoms with E-state index in [4.69, 9.17) is 11.6 Å². The molecule has 0 bridgehead atoms. The van der Waals surface area contributed by atoms with Crippen molar-refractivity contribution in [2.75, 3.05) is 5.32 Å². The van der Waals surface area contributed by atoms with Crippen molar-refractivity contribution < 1.29 is 8.42 Å². The number of aromatic nitrogens is 2. The van der Waals surface area contributed by atoms with Crippen molar-refractivity contribution >= 4 is 32.8 Å². The van der Waals surface area contributed by atoms with Gasteiger partial charge in [-0.05, 0) is 18.2 Å². The van der Waals surface area contributed by atoms with E-state index in [2.05, 4.69) is 10.4 Å². The van der Waals surface area contributed by atoms with Gasteiger partial charge in [0.05, 0.1) is 10.6 Å². The van der Waals surface area contributed by atoms with Crippen molar-refractivity contribution in [2.45, 2.75) is 9.79 Å². The molecule has 0 saturated carbocycles. The number of halogens is 1. The Morgan fingerprint density at radius 3 is 2.47 bits per heavy atom. The Hall–Kier alpha value is -2.06. The summed E-state index contributed by atoms with van der Waals surface area (Å²) >= 11 is 5.78. The first kappa shape index (κ1) is 12.0. The van der Waals surface area contributed by atoms with Crippen LogP contribution >= 0.6 is 11.6 Å². The van der Waals surface area contributed by atoms with E-state index in [-0.39, 0.29) is 16.3 Å². The normalized spacial score (nSPS) is 15.2. The minimum atomic E-state index is -4.06. The second kappa shape index (κ2) is 3.72. The van der Waals surface area contributed by atoms with Gasteiger partial charge in [0, 0.05) is 5.02 Å². The van der Waals surface area contributed by atoms with Crippen LogP contribution in [0.1, 0.15) is 0 Å². The zero-order valence-electron chi connectivity index (χ0n) is 9.15. The molecule has 1 aromatic carbocycles. The maximum absolute atomic E-state index is 12.3. The van der Waals surface area contributed by atoms with Gasteiger partial charge < -0.3 is 5.32 Å². The van der Waals surface area contributed by atoms with Crippen LogP contribution in [0.4, 0.5) is 11.4 Å². The molecule has 0 unspecified atom stereocenters. The predicted octanol–water partition coefficient (Wildman–Crippen LogP) is 0.606. The Morgan fingerprint density at radius 1 is 1.05 bits per heavy atom.